The summed E-state index contributed by atoms with van der Waals surface area (Å²) in [7, 11) is 0. The number of nitrogens with zero attached hydrogens (tertiary/aromatic N) is 3. The van der Waals surface area contributed by atoms with E-state index in [0.717, 1.165) is 41.5 Å². The Morgan fingerprint density at radius 3 is 2.78 bits per heavy atom. The summed E-state index contributed by atoms with van der Waals surface area (Å²) in [5.74, 6) is 0.509. The molecule has 1 atom stereocenters. The first-order valence-electron chi connectivity index (χ1n) is 10.8. The predicted octanol–water partition coefficient (Wildman–Crippen LogP) is 4.62. The van der Waals surface area contributed by atoms with E-state index in [1.807, 2.05) is 47.3 Å². The minimum Gasteiger partial charge on any atom is -0.487 e. The summed E-state index contributed by atoms with van der Waals surface area (Å²) >= 11 is 3.40. The zero-order chi connectivity index (χ0) is 22.3. The molecule has 0 saturated heterocycles. The highest BCUT2D eigenvalue weighted by atomic mass is 79.9. The molecule has 1 unspecified atom stereocenters. The number of aromatic nitrogens is 3. The van der Waals surface area contributed by atoms with Crippen molar-refractivity contribution in [2.45, 2.75) is 51.3 Å². The van der Waals surface area contributed by atoms with Crippen molar-refractivity contribution in [1.82, 2.24) is 20.3 Å². The third-order valence-corrected chi connectivity index (χ3v) is 5.97. The zero-order valence-electron chi connectivity index (χ0n) is 17.7. The van der Waals surface area contributed by atoms with Crippen molar-refractivity contribution >= 4 is 27.6 Å². The quantitative estimate of drug-likeness (QED) is 0.534. The fourth-order valence-electron chi connectivity index (χ4n) is 3.75. The third-order valence-electron chi connectivity index (χ3n) is 5.44. The topological polar surface area (TPSA) is 86.1 Å². The Hall–Kier alpha value is -3.00. The molecule has 0 saturated carbocycles. The van der Waals surface area contributed by atoms with E-state index in [9.17, 15) is 9.59 Å². The third kappa shape index (κ3) is 5.82. The van der Waals surface area contributed by atoms with Crippen molar-refractivity contribution in [3.8, 4) is 5.75 Å². The molecule has 166 valence electrons. The number of ketones is 1. The molecule has 1 aromatic heterocycles. The lowest BCUT2D eigenvalue weighted by atomic mass is 9.96. The lowest BCUT2D eigenvalue weighted by Crippen LogP contribution is -2.30. The molecule has 0 aliphatic carbocycles. The molecule has 4 rings (SSSR count). The van der Waals surface area contributed by atoms with Gasteiger partial charge in [-0.25, -0.2) is 0 Å². The number of para-hydroxylation sites is 1. The number of carbonyl (C=O) groups excluding carboxylic acids is 2. The van der Waals surface area contributed by atoms with E-state index in [4.69, 9.17) is 4.74 Å². The van der Waals surface area contributed by atoms with E-state index >= 15 is 0 Å². The van der Waals surface area contributed by atoms with Gasteiger partial charge in [0.25, 0.3) is 0 Å². The number of benzene rings is 2. The first-order chi connectivity index (χ1) is 15.6. The molecule has 2 heterocycles. The van der Waals surface area contributed by atoms with Gasteiger partial charge >= 0.3 is 0 Å². The van der Waals surface area contributed by atoms with Crippen LogP contribution in [0.25, 0.3) is 0 Å². The molecule has 7 nitrogen and oxygen atoms in total. The van der Waals surface area contributed by atoms with Crippen LogP contribution >= 0.6 is 15.9 Å². The highest BCUT2D eigenvalue weighted by Crippen LogP contribution is 2.29. The minimum absolute atomic E-state index is 0.0431. The van der Waals surface area contributed by atoms with Gasteiger partial charge in [-0.15, -0.1) is 5.10 Å². The summed E-state index contributed by atoms with van der Waals surface area (Å²) < 4.78 is 8.76. The Bertz CT molecular complexity index is 1080. The van der Waals surface area contributed by atoms with E-state index in [-0.39, 0.29) is 24.7 Å². The summed E-state index contributed by atoms with van der Waals surface area (Å²) in [6.07, 6.45) is 5.05. The molecule has 8 heteroatoms. The molecule has 1 aliphatic heterocycles. The van der Waals surface area contributed by atoms with Gasteiger partial charge in [-0.2, -0.15) is 0 Å². The Morgan fingerprint density at radius 2 is 1.94 bits per heavy atom. The van der Waals surface area contributed by atoms with E-state index < -0.39 is 6.04 Å². The minimum atomic E-state index is -0.490. The largest absolute Gasteiger partial charge is 0.487 e. The number of fused-ring (bicyclic) bond motifs is 3. The molecule has 0 radical (unpaired) electrons. The number of rotatable bonds is 3. The normalized spacial score (nSPS) is 17.3. The molecule has 1 amide bonds. The fraction of sp³-hybridized carbons (Fsp3) is 0.333. The zero-order valence-corrected chi connectivity index (χ0v) is 19.3. The second kappa shape index (κ2) is 10.5. The van der Waals surface area contributed by atoms with Gasteiger partial charge in [-0.3, -0.25) is 14.3 Å². The molecule has 2 bridgehead atoms. The molecule has 0 fully saturated rings. The van der Waals surface area contributed by atoms with Crippen LogP contribution in [-0.2, 0) is 17.9 Å². The average Bonchev–Trinajstić information content (AvgIpc) is 3.24. The van der Waals surface area contributed by atoms with Gasteiger partial charge in [0.1, 0.15) is 18.1 Å². The van der Waals surface area contributed by atoms with Crippen molar-refractivity contribution in [2.24, 2.45) is 0 Å². The van der Waals surface area contributed by atoms with Crippen LogP contribution in [0.3, 0.4) is 0 Å². The van der Waals surface area contributed by atoms with Crippen LogP contribution in [0.5, 0.6) is 5.75 Å². The SMILES string of the molecule is O=C1CCCCCn2cc(nn2)COc2ccccc2C(CC(=O)c2ccc(Br)cc2)N1. The number of ether oxygens (including phenoxy) is 1. The molecule has 3 aromatic rings. The highest BCUT2D eigenvalue weighted by molar-refractivity contribution is 9.10. The van der Waals surface area contributed by atoms with Gasteiger partial charge in [-0.1, -0.05) is 57.9 Å². The fourth-order valence-corrected chi connectivity index (χ4v) is 4.01. The van der Waals surface area contributed by atoms with Gasteiger partial charge in [0.05, 0.1) is 12.2 Å². The highest BCUT2D eigenvalue weighted by Gasteiger charge is 2.23. The van der Waals surface area contributed by atoms with E-state index in [2.05, 4.69) is 31.6 Å². The number of hydrogen-bond acceptors (Lipinski definition) is 5. The van der Waals surface area contributed by atoms with Crippen LogP contribution in [0.15, 0.2) is 59.2 Å². The summed E-state index contributed by atoms with van der Waals surface area (Å²) in [5.41, 5.74) is 2.11. The second-order valence-corrected chi connectivity index (χ2v) is 8.78. The van der Waals surface area contributed by atoms with Gasteiger partial charge in [-0.05, 0) is 31.0 Å². The van der Waals surface area contributed by atoms with E-state index in [0.29, 0.717) is 17.7 Å². The molecule has 32 heavy (non-hydrogen) atoms. The van der Waals surface area contributed by atoms with Crippen molar-refractivity contribution in [1.29, 1.82) is 0 Å². The van der Waals surface area contributed by atoms with Crippen LogP contribution in [0, 0.1) is 0 Å². The molecule has 1 N–H and O–H groups in total. The maximum absolute atomic E-state index is 13.0. The lowest BCUT2D eigenvalue weighted by Gasteiger charge is -2.21. The predicted molar refractivity (Wildman–Crippen MR) is 123 cm³/mol. The van der Waals surface area contributed by atoms with Crippen LogP contribution in [0.1, 0.15) is 59.8 Å². The van der Waals surface area contributed by atoms with Gasteiger partial charge in [0.15, 0.2) is 5.78 Å². The molecular weight excluding hydrogens is 472 g/mol. The first kappa shape index (κ1) is 22.2. The standard InChI is InChI=1S/C24H25BrN4O3/c25-18-11-9-17(10-12-18)22(30)14-21-20-6-3-4-7-23(20)32-16-19-15-29(28-27-19)13-5-1-2-8-24(31)26-21/h3-4,6-7,9-12,15,21H,1-2,5,8,13-14,16H2,(H,26,31). The first-order valence-corrected chi connectivity index (χ1v) is 11.6. The van der Waals surface area contributed by atoms with E-state index in [1.165, 1.54) is 0 Å². The smallest absolute Gasteiger partial charge is 0.220 e. The number of carbonyl (C=O) groups is 2. The van der Waals surface area contributed by atoms with Crippen LogP contribution < -0.4 is 10.1 Å². The number of aryl methyl sites for hydroxylation is 1. The average molecular weight is 497 g/mol. The number of halogens is 1. The Morgan fingerprint density at radius 1 is 1.12 bits per heavy atom. The number of amides is 1. The molecule has 2 aromatic carbocycles. The van der Waals surface area contributed by atoms with Crippen LogP contribution in [0.4, 0.5) is 0 Å². The van der Waals surface area contributed by atoms with E-state index in [1.54, 1.807) is 12.1 Å². The number of Topliss-reactive ketones (excluding diaryl/α,β-unsaturated/α-hetero) is 1. The Labute approximate surface area is 195 Å². The van der Waals surface area contributed by atoms with Gasteiger partial charge in [0, 0.05) is 35.0 Å². The van der Waals surface area contributed by atoms with Gasteiger partial charge in [0.2, 0.25) is 5.91 Å². The van der Waals surface area contributed by atoms with Crippen molar-refractivity contribution in [2.75, 3.05) is 0 Å². The lowest BCUT2D eigenvalue weighted by molar-refractivity contribution is -0.121. The molecule has 1 aliphatic rings. The maximum atomic E-state index is 13.0. The summed E-state index contributed by atoms with van der Waals surface area (Å²) in [4.78, 5) is 25.7. The maximum Gasteiger partial charge on any atom is 0.220 e. The molecule has 0 spiro atoms. The number of hydrogen-bond donors (Lipinski definition) is 1. The Balaban J connectivity index is 1.61. The summed E-state index contributed by atoms with van der Waals surface area (Å²) in [6, 6.07) is 14.3. The second-order valence-electron chi connectivity index (χ2n) is 7.86. The van der Waals surface area contributed by atoms with Crippen molar-refractivity contribution in [3.63, 3.8) is 0 Å². The van der Waals surface area contributed by atoms with Crippen molar-refractivity contribution < 1.29 is 14.3 Å². The monoisotopic (exact) mass is 496 g/mol. The van der Waals surface area contributed by atoms with Gasteiger partial charge < -0.3 is 10.1 Å². The summed E-state index contributed by atoms with van der Waals surface area (Å²) in [5, 5.41) is 11.4. The summed E-state index contributed by atoms with van der Waals surface area (Å²) in [6.45, 7) is 1.02. The van der Waals surface area contributed by atoms with Crippen molar-refractivity contribution in [3.05, 3.63) is 76.0 Å². The van der Waals surface area contributed by atoms with Crippen LogP contribution in [-0.4, -0.2) is 26.7 Å². The van der Waals surface area contributed by atoms with Crippen LogP contribution in [0.2, 0.25) is 0 Å². The molecular formula is C24H25BrN4O3. The Kier molecular flexibility index (Phi) is 7.32. The number of nitrogens with one attached hydrogen (secondary N) is 1.